The molecule has 8 heteroatoms. The van der Waals surface area contributed by atoms with Crippen molar-refractivity contribution in [3.05, 3.63) is 60.3 Å². The molecule has 23 heavy (non-hydrogen) atoms. The summed E-state index contributed by atoms with van der Waals surface area (Å²) in [6.45, 7) is -0.257. The Labute approximate surface area is 134 Å². The smallest absolute Gasteiger partial charge is 0.468 e. The number of hydrogen-bond donors (Lipinski definition) is 3. The fourth-order valence-electron chi connectivity index (χ4n) is 1.90. The number of benzene rings is 1. The zero-order valence-electron chi connectivity index (χ0n) is 12.3. The lowest BCUT2D eigenvalue weighted by molar-refractivity contribution is -0.126. The molecule has 1 atom stereocenters. The van der Waals surface area contributed by atoms with E-state index in [4.69, 9.17) is 19.4 Å². The van der Waals surface area contributed by atoms with Crippen molar-refractivity contribution in [2.75, 3.05) is 6.61 Å². The average molecular weight is 316 g/mol. The number of carbonyl (C=O) groups excluding carboxylic acids is 1. The van der Waals surface area contributed by atoms with E-state index in [1.165, 1.54) is 0 Å². The summed E-state index contributed by atoms with van der Waals surface area (Å²) >= 11 is 0. The Hall–Kier alpha value is -2.42. The Kier molecular flexibility index (Phi) is 6.55. The van der Waals surface area contributed by atoms with Crippen LogP contribution in [0.1, 0.15) is 5.56 Å². The largest absolute Gasteiger partial charge is 0.635 e. The van der Waals surface area contributed by atoms with Gasteiger partial charge in [-0.15, -0.1) is 0 Å². The number of amides is 1. The molecule has 0 saturated carbocycles. The Morgan fingerprint density at radius 3 is 2.57 bits per heavy atom. The number of nitrogens with one attached hydrogen (secondary N) is 1. The van der Waals surface area contributed by atoms with Gasteiger partial charge in [-0.2, -0.15) is 0 Å². The van der Waals surface area contributed by atoms with Gasteiger partial charge in [0.25, 0.3) is 5.91 Å². The SMILES string of the molecule is O=C(COc1ccccn1)N[C@@H](Cc1ccccc1)OB(O)O. The van der Waals surface area contributed by atoms with Crippen LogP contribution in [0.25, 0.3) is 0 Å². The number of pyridine rings is 1. The molecular weight excluding hydrogens is 299 g/mol. The summed E-state index contributed by atoms with van der Waals surface area (Å²) in [5.74, 6) is -0.136. The highest BCUT2D eigenvalue weighted by Crippen LogP contribution is 2.06. The van der Waals surface area contributed by atoms with Gasteiger partial charge in [0.15, 0.2) is 6.61 Å². The molecule has 2 rings (SSSR count). The maximum atomic E-state index is 11.9. The van der Waals surface area contributed by atoms with E-state index in [0.717, 1.165) is 5.56 Å². The highest BCUT2D eigenvalue weighted by atomic mass is 16.6. The van der Waals surface area contributed by atoms with Gasteiger partial charge in [-0.05, 0) is 11.6 Å². The van der Waals surface area contributed by atoms with E-state index in [1.807, 2.05) is 30.3 Å². The van der Waals surface area contributed by atoms with Gasteiger partial charge in [-0.1, -0.05) is 36.4 Å². The molecular formula is C15H17BN2O5. The zero-order valence-corrected chi connectivity index (χ0v) is 12.3. The van der Waals surface area contributed by atoms with Crippen LogP contribution in [0, 0.1) is 0 Å². The van der Waals surface area contributed by atoms with Gasteiger partial charge >= 0.3 is 7.32 Å². The molecule has 0 unspecified atom stereocenters. The first kappa shape index (κ1) is 16.9. The van der Waals surface area contributed by atoms with Crippen molar-refractivity contribution in [2.45, 2.75) is 12.6 Å². The van der Waals surface area contributed by atoms with Crippen molar-refractivity contribution < 1.29 is 24.2 Å². The fourth-order valence-corrected chi connectivity index (χ4v) is 1.90. The van der Waals surface area contributed by atoms with E-state index in [1.54, 1.807) is 24.4 Å². The summed E-state index contributed by atoms with van der Waals surface area (Å²) < 4.78 is 10.1. The van der Waals surface area contributed by atoms with Crippen LogP contribution in [-0.4, -0.2) is 41.1 Å². The van der Waals surface area contributed by atoms with Crippen LogP contribution in [0.15, 0.2) is 54.7 Å². The van der Waals surface area contributed by atoms with Crippen molar-refractivity contribution in [3.63, 3.8) is 0 Å². The second-order valence-corrected chi connectivity index (χ2v) is 4.66. The quantitative estimate of drug-likeness (QED) is 0.473. The number of carbonyl (C=O) groups is 1. The van der Waals surface area contributed by atoms with Crippen molar-refractivity contribution in [2.24, 2.45) is 0 Å². The first-order valence-corrected chi connectivity index (χ1v) is 7.02. The van der Waals surface area contributed by atoms with E-state index in [2.05, 4.69) is 10.3 Å². The van der Waals surface area contributed by atoms with Crippen LogP contribution in [0.4, 0.5) is 0 Å². The molecule has 0 aliphatic rings. The third-order valence-corrected chi connectivity index (χ3v) is 2.86. The molecule has 0 aliphatic heterocycles. The van der Waals surface area contributed by atoms with Gasteiger partial charge in [0, 0.05) is 18.7 Å². The fraction of sp³-hybridized carbons (Fsp3) is 0.200. The third-order valence-electron chi connectivity index (χ3n) is 2.86. The monoisotopic (exact) mass is 316 g/mol. The summed E-state index contributed by atoms with van der Waals surface area (Å²) in [5, 5.41) is 20.5. The van der Waals surface area contributed by atoms with Gasteiger partial charge in [0.2, 0.25) is 5.88 Å². The minimum Gasteiger partial charge on any atom is -0.468 e. The molecule has 0 fully saturated rings. The molecule has 0 radical (unpaired) electrons. The van der Waals surface area contributed by atoms with Crippen LogP contribution in [0.5, 0.6) is 5.88 Å². The molecule has 7 nitrogen and oxygen atoms in total. The first-order chi connectivity index (χ1) is 11.1. The van der Waals surface area contributed by atoms with Gasteiger partial charge in [0.1, 0.15) is 6.23 Å². The zero-order chi connectivity index (χ0) is 16.5. The predicted octanol–water partition coefficient (Wildman–Crippen LogP) is 0.132. The maximum Gasteiger partial charge on any atom is 0.635 e. The van der Waals surface area contributed by atoms with Gasteiger partial charge in [-0.3, -0.25) is 4.79 Å². The predicted molar refractivity (Wildman–Crippen MR) is 83.1 cm³/mol. The number of hydrogen-bond acceptors (Lipinski definition) is 6. The van der Waals surface area contributed by atoms with Gasteiger partial charge < -0.3 is 24.8 Å². The van der Waals surface area contributed by atoms with E-state index < -0.39 is 19.5 Å². The van der Waals surface area contributed by atoms with Crippen molar-refractivity contribution >= 4 is 13.2 Å². The Morgan fingerprint density at radius 2 is 1.91 bits per heavy atom. The Balaban J connectivity index is 1.87. The lowest BCUT2D eigenvalue weighted by atomic mass is 10.1. The van der Waals surface area contributed by atoms with E-state index in [9.17, 15) is 4.79 Å². The van der Waals surface area contributed by atoms with E-state index in [-0.39, 0.29) is 13.0 Å². The maximum absolute atomic E-state index is 11.9. The molecule has 120 valence electrons. The third kappa shape index (κ3) is 6.47. The second-order valence-electron chi connectivity index (χ2n) is 4.66. The molecule has 2 aromatic rings. The van der Waals surface area contributed by atoms with Gasteiger partial charge in [0.05, 0.1) is 0 Å². The molecule has 0 saturated heterocycles. The van der Waals surface area contributed by atoms with Crippen LogP contribution in [0.2, 0.25) is 0 Å². The number of nitrogens with zero attached hydrogens (tertiary/aromatic N) is 1. The number of aromatic nitrogens is 1. The average Bonchev–Trinajstić information content (AvgIpc) is 2.54. The minimum absolute atomic E-state index is 0.257. The van der Waals surface area contributed by atoms with E-state index in [0.29, 0.717) is 5.88 Å². The normalized spacial score (nSPS) is 11.6. The molecule has 1 aromatic carbocycles. The Morgan fingerprint density at radius 1 is 1.17 bits per heavy atom. The van der Waals surface area contributed by atoms with Crippen LogP contribution < -0.4 is 10.1 Å². The summed E-state index contributed by atoms with van der Waals surface area (Å²) in [7, 11) is -1.99. The van der Waals surface area contributed by atoms with E-state index >= 15 is 0 Å². The Bertz CT molecular complexity index is 597. The summed E-state index contributed by atoms with van der Waals surface area (Å²) in [5.41, 5.74) is 0.879. The van der Waals surface area contributed by atoms with Gasteiger partial charge in [-0.25, -0.2) is 4.98 Å². The molecule has 3 N–H and O–H groups in total. The second kappa shape index (κ2) is 8.89. The lowest BCUT2D eigenvalue weighted by Gasteiger charge is -2.19. The first-order valence-electron chi connectivity index (χ1n) is 7.02. The van der Waals surface area contributed by atoms with Crippen LogP contribution in [-0.2, 0) is 15.9 Å². The summed E-state index contributed by atoms with van der Waals surface area (Å²) in [6.07, 6.45) is 0.946. The van der Waals surface area contributed by atoms with Crippen LogP contribution >= 0.6 is 0 Å². The molecule has 0 spiro atoms. The van der Waals surface area contributed by atoms with Crippen molar-refractivity contribution in [1.29, 1.82) is 0 Å². The highest BCUT2D eigenvalue weighted by Gasteiger charge is 2.20. The van der Waals surface area contributed by atoms with Crippen molar-refractivity contribution in [1.82, 2.24) is 10.3 Å². The summed E-state index contributed by atoms with van der Waals surface area (Å²) in [6, 6.07) is 14.3. The summed E-state index contributed by atoms with van der Waals surface area (Å²) in [4.78, 5) is 15.8. The number of rotatable bonds is 8. The standard InChI is InChI=1S/C15H17BN2O5/c19-13(11-22-14-8-4-5-9-17-14)18-15(23-16(20)21)10-12-6-2-1-3-7-12/h1-9,15,20-21H,10-11H2,(H,18,19)/t15-/m1/s1. The molecule has 1 heterocycles. The topological polar surface area (TPSA) is 101 Å². The number of ether oxygens (including phenoxy) is 1. The highest BCUT2D eigenvalue weighted by molar-refractivity contribution is 6.32. The lowest BCUT2D eigenvalue weighted by Crippen LogP contribution is -2.44. The molecule has 1 amide bonds. The minimum atomic E-state index is -1.99. The molecule has 0 aliphatic carbocycles. The van der Waals surface area contributed by atoms with Crippen LogP contribution in [0.3, 0.4) is 0 Å². The molecule has 0 bridgehead atoms. The van der Waals surface area contributed by atoms with Crippen molar-refractivity contribution in [3.8, 4) is 5.88 Å². The molecule has 1 aromatic heterocycles.